The Balaban J connectivity index is 2.79. The van der Waals surface area contributed by atoms with E-state index in [0.29, 0.717) is 0 Å². The van der Waals surface area contributed by atoms with Crippen molar-refractivity contribution in [2.45, 2.75) is 45.1 Å². The molecule has 14 heavy (non-hydrogen) atoms. The average molecular weight is 199 g/mol. The van der Waals surface area contributed by atoms with E-state index in [1.165, 1.54) is 38.8 Å². The molecule has 1 N–H and O–H groups in total. The lowest BCUT2D eigenvalue weighted by atomic mass is 10.0. The zero-order valence-electron chi connectivity index (χ0n) is 9.66. The monoisotopic (exact) mass is 199 g/mol. The molecule has 1 heterocycles. The molecule has 0 spiro atoms. The molecule has 3 nitrogen and oxygen atoms in total. The molecule has 0 atom stereocenters. The van der Waals surface area contributed by atoms with Gasteiger partial charge in [-0.15, -0.1) is 0 Å². The van der Waals surface area contributed by atoms with Crippen LogP contribution in [0, 0.1) is 0 Å². The molecule has 82 valence electrons. The molecule has 0 aromatic rings. The van der Waals surface area contributed by atoms with Crippen LogP contribution in [0.4, 0.5) is 0 Å². The molecule has 0 aromatic carbocycles. The van der Waals surface area contributed by atoms with Crippen molar-refractivity contribution in [2.24, 2.45) is 5.16 Å². The second-order valence-electron chi connectivity index (χ2n) is 5.16. The van der Waals surface area contributed by atoms with Gasteiger partial charge < -0.3 is 9.69 Å². The first-order chi connectivity index (χ1) is 6.52. The predicted molar refractivity (Wildman–Crippen MR) is 58.7 cm³/mol. The maximum Gasteiger partial charge on any atom is 0.132 e. The molecule has 0 aromatic heterocycles. The van der Waals surface area contributed by atoms with Crippen molar-refractivity contribution >= 4 is 6.21 Å². The Hall–Kier alpha value is -0.570. The fraction of sp³-hybridized carbons (Fsp3) is 0.909. The first-order valence-corrected chi connectivity index (χ1v) is 5.55. The van der Waals surface area contributed by atoms with Gasteiger partial charge in [0.25, 0.3) is 0 Å². The zero-order chi connectivity index (χ0) is 10.7. The van der Waals surface area contributed by atoms with Crippen LogP contribution < -0.4 is 0 Å². The summed E-state index contributed by atoms with van der Waals surface area (Å²) in [5.41, 5.74) is -0.0565. The number of hydrogen-bond acceptors (Lipinski definition) is 2. The van der Waals surface area contributed by atoms with Crippen molar-refractivity contribution in [1.82, 2.24) is 0 Å². The van der Waals surface area contributed by atoms with Gasteiger partial charge in [0.15, 0.2) is 0 Å². The van der Waals surface area contributed by atoms with E-state index in [1.54, 1.807) is 6.21 Å². The third-order valence-electron chi connectivity index (χ3n) is 3.82. The van der Waals surface area contributed by atoms with Crippen LogP contribution in [0.3, 0.4) is 0 Å². The van der Waals surface area contributed by atoms with Gasteiger partial charge in [-0.3, -0.25) is 0 Å². The van der Waals surface area contributed by atoms with Crippen LogP contribution in [0.5, 0.6) is 0 Å². The number of quaternary nitrogens is 1. The van der Waals surface area contributed by atoms with E-state index in [2.05, 4.69) is 26.1 Å². The van der Waals surface area contributed by atoms with Gasteiger partial charge >= 0.3 is 0 Å². The van der Waals surface area contributed by atoms with Crippen LogP contribution in [-0.2, 0) is 0 Å². The molecule has 1 saturated heterocycles. The van der Waals surface area contributed by atoms with Crippen LogP contribution in [0.1, 0.15) is 39.5 Å². The third kappa shape index (κ3) is 2.27. The molecular weight excluding hydrogens is 176 g/mol. The first kappa shape index (κ1) is 11.5. The lowest BCUT2D eigenvalue weighted by Gasteiger charge is -2.44. The van der Waals surface area contributed by atoms with E-state index >= 15 is 0 Å². The molecule has 0 saturated carbocycles. The molecule has 1 fully saturated rings. The summed E-state index contributed by atoms with van der Waals surface area (Å²) in [6, 6.07) is 0. The molecule has 1 aliphatic heterocycles. The Bertz CT molecular complexity index is 203. The maximum absolute atomic E-state index is 8.68. The van der Waals surface area contributed by atoms with Crippen LogP contribution in [0.2, 0.25) is 0 Å². The maximum atomic E-state index is 8.68. The summed E-state index contributed by atoms with van der Waals surface area (Å²) < 4.78 is 0.997. The van der Waals surface area contributed by atoms with E-state index in [1.807, 2.05) is 0 Å². The van der Waals surface area contributed by atoms with Crippen molar-refractivity contribution < 1.29 is 9.69 Å². The first-order valence-electron chi connectivity index (χ1n) is 5.55. The van der Waals surface area contributed by atoms with Crippen molar-refractivity contribution in [3.8, 4) is 0 Å². The number of nitrogens with zero attached hydrogens (tertiary/aromatic N) is 2. The van der Waals surface area contributed by atoms with Gasteiger partial charge in [-0.2, -0.15) is 0 Å². The second-order valence-corrected chi connectivity index (χ2v) is 5.16. The van der Waals surface area contributed by atoms with E-state index in [0.717, 1.165) is 4.48 Å². The Morgan fingerprint density at radius 1 is 1.14 bits per heavy atom. The van der Waals surface area contributed by atoms with E-state index < -0.39 is 0 Å². The van der Waals surface area contributed by atoms with Crippen molar-refractivity contribution in [3.63, 3.8) is 0 Å². The Kier molecular flexibility index (Phi) is 3.53. The largest absolute Gasteiger partial charge is 0.411 e. The molecule has 0 unspecified atom stereocenters. The fourth-order valence-corrected chi connectivity index (χ4v) is 2.24. The summed E-state index contributed by atoms with van der Waals surface area (Å²) in [7, 11) is 2.27. The van der Waals surface area contributed by atoms with Gasteiger partial charge in [0.2, 0.25) is 0 Å². The lowest BCUT2D eigenvalue weighted by molar-refractivity contribution is -0.942. The van der Waals surface area contributed by atoms with E-state index in [9.17, 15) is 0 Å². The predicted octanol–water partition coefficient (Wildman–Crippen LogP) is 2.25. The minimum absolute atomic E-state index is 0.0565. The van der Waals surface area contributed by atoms with Crippen molar-refractivity contribution in [3.05, 3.63) is 0 Å². The molecule has 0 aliphatic carbocycles. The smallest absolute Gasteiger partial charge is 0.132 e. The van der Waals surface area contributed by atoms with Crippen molar-refractivity contribution in [1.29, 1.82) is 0 Å². The average Bonchev–Trinajstić information content (AvgIpc) is 2.31. The second kappa shape index (κ2) is 4.30. The summed E-state index contributed by atoms with van der Waals surface area (Å²) >= 11 is 0. The zero-order valence-corrected chi connectivity index (χ0v) is 9.66. The number of likely N-dealkylation sites (tertiary alicyclic amines) is 1. The van der Waals surface area contributed by atoms with Crippen LogP contribution >= 0.6 is 0 Å². The normalized spacial score (nSPS) is 23.6. The summed E-state index contributed by atoms with van der Waals surface area (Å²) in [6.07, 6.45) is 6.96. The van der Waals surface area contributed by atoms with Crippen molar-refractivity contribution in [2.75, 3.05) is 20.1 Å². The molecule has 0 radical (unpaired) electrons. The molecule has 1 rings (SSSR count). The molecule has 3 heteroatoms. The van der Waals surface area contributed by atoms with Crippen LogP contribution in [0.25, 0.3) is 0 Å². The van der Waals surface area contributed by atoms with Gasteiger partial charge in [-0.05, 0) is 39.5 Å². The number of rotatable bonds is 2. The standard InChI is InChI=1S/C11H22N2O/c1-11(2,10-12-14)13(3)8-6-4-5-7-9-13/h10H,4-9H2,1-3H3/p+1/b12-10+. The quantitative estimate of drug-likeness (QED) is 0.314. The summed E-state index contributed by atoms with van der Waals surface area (Å²) in [5, 5.41) is 11.9. The van der Waals surface area contributed by atoms with Crippen LogP contribution in [0.15, 0.2) is 5.16 Å². The molecule has 0 amide bonds. The Labute approximate surface area is 87.0 Å². The van der Waals surface area contributed by atoms with Crippen LogP contribution in [-0.4, -0.2) is 41.6 Å². The molecular formula is C11H23N2O+. The molecule has 1 aliphatic rings. The van der Waals surface area contributed by atoms with Gasteiger partial charge in [-0.1, -0.05) is 5.16 Å². The highest BCUT2D eigenvalue weighted by molar-refractivity contribution is 5.66. The number of oxime groups is 1. The van der Waals surface area contributed by atoms with E-state index in [4.69, 9.17) is 5.21 Å². The SMILES string of the molecule is CC(C)(/C=N/O)[N+]1(C)CCCCCC1. The Morgan fingerprint density at radius 3 is 2.07 bits per heavy atom. The fourth-order valence-electron chi connectivity index (χ4n) is 2.24. The van der Waals surface area contributed by atoms with E-state index in [-0.39, 0.29) is 5.54 Å². The minimum atomic E-state index is -0.0565. The minimum Gasteiger partial charge on any atom is -0.411 e. The van der Waals surface area contributed by atoms with Gasteiger partial charge in [-0.25, -0.2) is 0 Å². The highest BCUT2D eigenvalue weighted by Gasteiger charge is 2.39. The van der Waals surface area contributed by atoms with Gasteiger partial charge in [0.1, 0.15) is 11.8 Å². The summed E-state index contributed by atoms with van der Waals surface area (Å²) in [6.45, 7) is 6.69. The topological polar surface area (TPSA) is 32.6 Å². The highest BCUT2D eigenvalue weighted by Crippen LogP contribution is 2.26. The number of hydrogen-bond donors (Lipinski definition) is 1. The van der Waals surface area contributed by atoms with Gasteiger partial charge in [0.05, 0.1) is 20.1 Å². The van der Waals surface area contributed by atoms with Gasteiger partial charge in [0, 0.05) is 0 Å². The molecule has 0 bridgehead atoms. The third-order valence-corrected chi connectivity index (χ3v) is 3.82. The summed E-state index contributed by atoms with van der Waals surface area (Å²) in [4.78, 5) is 0. The highest BCUT2D eigenvalue weighted by atomic mass is 16.4. The lowest BCUT2D eigenvalue weighted by Crippen LogP contribution is -2.60. The summed E-state index contributed by atoms with van der Waals surface area (Å²) in [5.74, 6) is 0. The Morgan fingerprint density at radius 2 is 1.64 bits per heavy atom.